The number of nitrogens with two attached hydrogens (primary N) is 1. The Hall–Kier alpha value is -3.94. The maximum Gasteiger partial charge on any atom is 0.344 e. The fraction of sp³-hybridized carbons (Fsp3) is 0.182. The molecule has 1 heterocycles. The molecule has 0 amide bonds. The molecule has 2 aromatic carbocycles. The van der Waals surface area contributed by atoms with Crippen LogP contribution in [0.15, 0.2) is 65.5 Å². The lowest BCUT2D eigenvalue weighted by atomic mass is 10.1. The number of carbonyl (C=O) groups excluding carboxylic acids is 2. The Morgan fingerprint density at radius 1 is 1.00 bits per heavy atom. The second-order valence-corrected chi connectivity index (χ2v) is 6.35. The zero-order valence-electron chi connectivity index (χ0n) is 16.4. The number of carbonyl (C=O) groups is 2. The number of hydrogen-bond donors (Lipinski definition) is 1. The molecule has 1 aromatic heterocycles. The van der Waals surface area contributed by atoms with Crippen LogP contribution >= 0.6 is 0 Å². The van der Waals surface area contributed by atoms with E-state index in [1.165, 1.54) is 4.68 Å². The maximum atomic E-state index is 12.7. The number of rotatable bonds is 7. The molecule has 0 bridgehead atoms. The van der Waals surface area contributed by atoms with Crippen molar-refractivity contribution in [3.05, 3.63) is 82.1 Å². The minimum atomic E-state index is -0.920. The van der Waals surface area contributed by atoms with Gasteiger partial charge in [-0.3, -0.25) is 4.79 Å². The number of benzene rings is 2. The molecular weight excluding hydrogens is 386 g/mol. The predicted octanol–water partition coefficient (Wildman–Crippen LogP) is 2.41. The van der Waals surface area contributed by atoms with Crippen LogP contribution in [0.3, 0.4) is 0 Å². The SMILES string of the molecule is CCn1nc(-c2ccccc2)c(C(=O)OCC(=O)OCc2ccccc2)c(N)c1=O. The summed E-state index contributed by atoms with van der Waals surface area (Å²) in [7, 11) is 0. The molecule has 0 saturated heterocycles. The average molecular weight is 407 g/mol. The number of nitrogens with zero attached hydrogens (tertiary/aromatic N) is 2. The van der Waals surface area contributed by atoms with Crippen LogP contribution in [0.4, 0.5) is 5.69 Å². The van der Waals surface area contributed by atoms with Gasteiger partial charge in [0.15, 0.2) is 6.61 Å². The van der Waals surface area contributed by atoms with Gasteiger partial charge in [0.25, 0.3) is 5.56 Å². The molecule has 0 aliphatic heterocycles. The molecule has 154 valence electrons. The Balaban J connectivity index is 1.78. The highest BCUT2D eigenvalue weighted by atomic mass is 16.6. The van der Waals surface area contributed by atoms with Crippen molar-refractivity contribution >= 4 is 17.6 Å². The van der Waals surface area contributed by atoms with Gasteiger partial charge in [-0.1, -0.05) is 60.7 Å². The number of anilines is 1. The predicted molar refractivity (Wildman–Crippen MR) is 111 cm³/mol. The van der Waals surface area contributed by atoms with Crippen LogP contribution in [0.2, 0.25) is 0 Å². The molecule has 0 radical (unpaired) electrons. The molecule has 0 atom stereocenters. The molecule has 0 aliphatic rings. The van der Waals surface area contributed by atoms with Crippen LogP contribution < -0.4 is 11.3 Å². The summed E-state index contributed by atoms with van der Waals surface area (Å²) in [5, 5.41) is 4.25. The van der Waals surface area contributed by atoms with Gasteiger partial charge in [-0.2, -0.15) is 5.10 Å². The number of hydrogen-bond acceptors (Lipinski definition) is 7. The lowest BCUT2D eigenvalue weighted by Gasteiger charge is -2.13. The second-order valence-electron chi connectivity index (χ2n) is 6.35. The van der Waals surface area contributed by atoms with Crippen LogP contribution in [0, 0.1) is 0 Å². The van der Waals surface area contributed by atoms with E-state index in [0.717, 1.165) is 5.56 Å². The lowest BCUT2D eigenvalue weighted by Crippen LogP contribution is -2.29. The number of esters is 2. The van der Waals surface area contributed by atoms with E-state index in [4.69, 9.17) is 15.2 Å². The molecular formula is C22H21N3O5. The minimum absolute atomic E-state index is 0.0583. The van der Waals surface area contributed by atoms with E-state index in [2.05, 4.69) is 5.10 Å². The van der Waals surface area contributed by atoms with Crippen molar-refractivity contribution in [1.29, 1.82) is 0 Å². The van der Waals surface area contributed by atoms with E-state index >= 15 is 0 Å². The maximum absolute atomic E-state index is 12.7. The Morgan fingerprint density at radius 2 is 1.63 bits per heavy atom. The van der Waals surface area contributed by atoms with E-state index in [-0.39, 0.29) is 30.1 Å². The van der Waals surface area contributed by atoms with Gasteiger partial charge < -0.3 is 15.2 Å². The summed E-state index contributed by atoms with van der Waals surface area (Å²) in [5.41, 5.74) is 6.49. The van der Waals surface area contributed by atoms with Gasteiger partial charge >= 0.3 is 11.9 Å². The molecule has 0 unspecified atom stereocenters. The summed E-state index contributed by atoms with van der Waals surface area (Å²) < 4.78 is 11.3. The van der Waals surface area contributed by atoms with E-state index in [9.17, 15) is 14.4 Å². The number of nitrogen functional groups attached to an aromatic ring is 1. The molecule has 3 aromatic rings. The third kappa shape index (κ3) is 4.72. The van der Waals surface area contributed by atoms with Crippen LogP contribution in [0.5, 0.6) is 0 Å². The first kappa shape index (κ1) is 20.8. The van der Waals surface area contributed by atoms with Crippen molar-refractivity contribution in [1.82, 2.24) is 9.78 Å². The van der Waals surface area contributed by atoms with E-state index in [1.807, 2.05) is 24.3 Å². The van der Waals surface area contributed by atoms with E-state index in [1.54, 1.807) is 43.3 Å². The van der Waals surface area contributed by atoms with Crippen molar-refractivity contribution in [3.8, 4) is 11.3 Å². The molecule has 2 N–H and O–H groups in total. The van der Waals surface area contributed by atoms with Gasteiger partial charge in [0, 0.05) is 12.1 Å². The quantitative estimate of drug-likeness (QED) is 0.598. The molecule has 8 nitrogen and oxygen atoms in total. The summed E-state index contributed by atoms with van der Waals surface area (Å²) in [4.78, 5) is 37.0. The van der Waals surface area contributed by atoms with Crippen LogP contribution in [-0.2, 0) is 27.4 Å². The fourth-order valence-corrected chi connectivity index (χ4v) is 2.79. The Bertz CT molecular complexity index is 1100. The summed E-state index contributed by atoms with van der Waals surface area (Å²) >= 11 is 0. The standard InChI is InChI=1S/C22H21N3O5/c1-2-25-21(27)19(23)18(20(24-25)16-11-7-4-8-12-16)22(28)30-14-17(26)29-13-15-9-5-3-6-10-15/h3-12H,2,13-14,23H2,1H3. The summed E-state index contributed by atoms with van der Waals surface area (Å²) in [6.07, 6.45) is 0. The van der Waals surface area contributed by atoms with Gasteiger partial charge in [0.05, 0.1) is 0 Å². The highest BCUT2D eigenvalue weighted by molar-refractivity contribution is 6.01. The average Bonchev–Trinajstić information content (AvgIpc) is 2.79. The fourth-order valence-electron chi connectivity index (χ4n) is 2.79. The lowest BCUT2D eigenvalue weighted by molar-refractivity contribution is -0.148. The smallest absolute Gasteiger partial charge is 0.344 e. The van der Waals surface area contributed by atoms with Crippen molar-refractivity contribution in [2.24, 2.45) is 0 Å². The van der Waals surface area contributed by atoms with Crippen molar-refractivity contribution < 1.29 is 19.1 Å². The first-order chi connectivity index (χ1) is 14.5. The van der Waals surface area contributed by atoms with Crippen LogP contribution in [0.25, 0.3) is 11.3 Å². The highest BCUT2D eigenvalue weighted by Crippen LogP contribution is 2.24. The number of aryl methyl sites for hydroxylation is 1. The van der Waals surface area contributed by atoms with Crippen molar-refractivity contribution in [2.75, 3.05) is 12.3 Å². The van der Waals surface area contributed by atoms with Crippen LogP contribution in [0.1, 0.15) is 22.8 Å². The van der Waals surface area contributed by atoms with Gasteiger partial charge in [0.1, 0.15) is 23.6 Å². The number of aromatic nitrogens is 2. The van der Waals surface area contributed by atoms with Crippen molar-refractivity contribution in [2.45, 2.75) is 20.1 Å². The van der Waals surface area contributed by atoms with Gasteiger partial charge in [-0.05, 0) is 12.5 Å². The summed E-state index contributed by atoms with van der Waals surface area (Å²) in [6.45, 7) is 1.46. The topological polar surface area (TPSA) is 114 Å². The monoisotopic (exact) mass is 407 g/mol. The van der Waals surface area contributed by atoms with E-state index < -0.39 is 24.1 Å². The molecule has 8 heteroatoms. The Kier molecular flexibility index (Phi) is 6.59. The van der Waals surface area contributed by atoms with Gasteiger partial charge in [-0.15, -0.1) is 0 Å². The van der Waals surface area contributed by atoms with Gasteiger partial charge in [-0.25, -0.2) is 14.3 Å². The first-order valence-electron chi connectivity index (χ1n) is 9.34. The molecule has 0 aliphatic carbocycles. The first-order valence-corrected chi connectivity index (χ1v) is 9.34. The molecule has 0 fully saturated rings. The highest BCUT2D eigenvalue weighted by Gasteiger charge is 2.24. The Labute approximate surface area is 172 Å². The molecule has 30 heavy (non-hydrogen) atoms. The zero-order valence-corrected chi connectivity index (χ0v) is 16.4. The Morgan fingerprint density at radius 3 is 2.27 bits per heavy atom. The largest absolute Gasteiger partial charge is 0.458 e. The third-order valence-corrected chi connectivity index (χ3v) is 4.31. The summed E-state index contributed by atoms with van der Waals surface area (Å²) in [5.74, 6) is -1.64. The van der Waals surface area contributed by atoms with Crippen LogP contribution in [-0.4, -0.2) is 28.3 Å². The molecule has 0 saturated carbocycles. The molecule has 3 rings (SSSR count). The molecule has 0 spiro atoms. The third-order valence-electron chi connectivity index (χ3n) is 4.31. The number of ether oxygens (including phenoxy) is 2. The van der Waals surface area contributed by atoms with Crippen molar-refractivity contribution in [3.63, 3.8) is 0 Å². The zero-order chi connectivity index (χ0) is 21.5. The van der Waals surface area contributed by atoms with Gasteiger partial charge in [0.2, 0.25) is 0 Å². The minimum Gasteiger partial charge on any atom is -0.458 e. The second kappa shape index (κ2) is 9.51. The van der Waals surface area contributed by atoms with E-state index in [0.29, 0.717) is 5.56 Å². The normalized spacial score (nSPS) is 10.4. The summed E-state index contributed by atoms with van der Waals surface area (Å²) in [6, 6.07) is 17.9.